The zero-order valence-electron chi connectivity index (χ0n) is 53.4. The van der Waals surface area contributed by atoms with E-state index in [1.165, 1.54) is 70.6 Å². The van der Waals surface area contributed by atoms with Crippen molar-refractivity contribution in [2.45, 2.75) is 284 Å². The van der Waals surface area contributed by atoms with Crippen molar-refractivity contribution in [3.63, 3.8) is 0 Å². The van der Waals surface area contributed by atoms with E-state index in [9.17, 15) is 14.4 Å². The summed E-state index contributed by atoms with van der Waals surface area (Å²) in [4.78, 5) is 38.3. The predicted molar refractivity (Wildman–Crippen MR) is 361 cm³/mol. The van der Waals surface area contributed by atoms with E-state index in [1.807, 2.05) is 0 Å². The van der Waals surface area contributed by atoms with E-state index in [2.05, 4.69) is 191 Å². The Morgan fingerprint density at radius 2 is 0.470 bits per heavy atom. The molecule has 6 nitrogen and oxygen atoms in total. The molecule has 1 atom stereocenters. The molecule has 0 aromatic carbocycles. The van der Waals surface area contributed by atoms with Gasteiger partial charge < -0.3 is 14.2 Å². The number of unbranched alkanes of at least 4 members (excludes halogenated alkanes) is 20. The van der Waals surface area contributed by atoms with Crippen LogP contribution in [0.25, 0.3) is 0 Å². The van der Waals surface area contributed by atoms with Crippen molar-refractivity contribution < 1.29 is 28.6 Å². The van der Waals surface area contributed by atoms with Gasteiger partial charge in [-0.15, -0.1) is 0 Å². The number of ether oxygens (including phenoxy) is 3. The van der Waals surface area contributed by atoms with E-state index >= 15 is 0 Å². The van der Waals surface area contributed by atoms with Gasteiger partial charge in [0.25, 0.3) is 0 Å². The van der Waals surface area contributed by atoms with Crippen LogP contribution in [0.4, 0.5) is 0 Å². The number of esters is 3. The lowest BCUT2D eigenvalue weighted by Gasteiger charge is -2.18. The third kappa shape index (κ3) is 67.4. The SMILES string of the molecule is CC/C=C\C/C=C\C/C=C\C/C=C\C/C=C\C/C=C\CCCCCCCCCCCCCCC(=O)OCC(COC(=O)CCCCCCC/C=C\C/C=C\CCC)OC(=O)CCCC/C=C\C/C=C\C/C=C\C/C=C\C/C=C\C/C=C\CC. The van der Waals surface area contributed by atoms with Gasteiger partial charge in [-0.25, -0.2) is 0 Å². The minimum atomic E-state index is -0.817. The van der Waals surface area contributed by atoms with Gasteiger partial charge in [-0.1, -0.05) is 281 Å². The lowest BCUT2D eigenvalue weighted by atomic mass is 10.0. The van der Waals surface area contributed by atoms with Crippen molar-refractivity contribution >= 4 is 17.9 Å². The molecule has 83 heavy (non-hydrogen) atoms. The zero-order chi connectivity index (χ0) is 59.9. The summed E-state index contributed by atoms with van der Waals surface area (Å²) in [5, 5.41) is 0. The minimum absolute atomic E-state index is 0.108. The highest BCUT2D eigenvalue weighted by Crippen LogP contribution is 2.15. The van der Waals surface area contributed by atoms with E-state index in [0.717, 1.165) is 161 Å². The maximum absolute atomic E-state index is 12.9. The Morgan fingerprint density at radius 3 is 0.759 bits per heavy atom. The average Bonchev–Trinajstić information content (AvgIpc) is 3.49. The van der Waals surface area contributed by atoms with Gasteiger partial charge in [0.2, 0.25) is 0 Å². The Kier molecular flexibility index (Phi) is 64.9. The molecule has 0 amide bonds. The second kappa shape index (κ2) is 69.3. The standard InChI is InChI=1S/C77H122O6/c1-4-7-10-13-16-19-22-25-27-29-31-33-34-35-36-37-38-39-40-41-42-44-45-47-49-52-55-58-61-64-67-70-76(79)82-73-74(72-81-75(78)69-66-63-60-57-54-51-24-21-18-15-12-9-6-3)83-77(80)71-68-65-62-59-56-53-50-48-46-43-32-30-28-26-23-20-17-14-11-8-5-2/h7-8,10-12,15-17,19-21,24-28,31-33,35-36,38-39,43,48,50,56,59,74H,4-6,9,13-14,18,22-23,29-30,34,37,40-42,44-47,49,51-55,57-58,60-73H2,1-3H3/b10-7-,11-8-,15-12-,19-16-,20-17-,24-21-,27-25-,28-26-,33-31-,36-35-,39-38-,43-32-,50-48-,59-56-. The van der Waals surface area contributed by atoms with Crippen molar-refractivity contribution in [3.8, 4) is 0 Å². The van der Waals surface area contributed by atoms with Crippen LogP contribution in [-0.4, -0.2) is 37.2 Å². The van der Waals surface area contributed by atoms with Crippen LogP contribution in [-0.2, 0) is 28.6 Å². The van der Waals surface area contributed by atoms with Crippen molar-refractivity contribution in [2.75, 3.05) is 13.2 Å². The summed E-state index contributed by atoms with van der Waals surface area (Å²) in [6, 6.07) is 0. The highest BCUT2D eigenvalue weighted by Gasteiger charge is 2.19. The first-order chi connectivity index (χ1) is 41.0. The van der Waals surface area contributed by atoms with Gasteiger partial charge in [0.05, 0.1) is 0 Å². The van der Waals surface area contributed by atoms with Crippen LogP contribution < -0.4 is 0 Å². The summed E-state index contributed by atoms with van der Waals surface area (Å²) in [7, 11) is 0. The molecule has 0 aliphatic rings. The van der Waals surface area contributed by atoms with Crippen LogP contribution in [0.3, 0.4) is 0 Å². The van der Waals surface area contributed by atoms with E-state index < -0.39 is 6.10 Å². The molecule has 0 rings (SSSR count). The van der Waals surface area contributed by atoms with Crippen molar-refractivity contribution in [1.82, 2.24) is 0 Å². The second-order valence-electron chi connectivity index (χ2n) is 21.6. The first-order valence-corrected chi connectivity index (χ1v) is 33.6. The summed E-state index contributed by atoms with van der Waals surface area (Å²) in [6.45, 7) is 6.30. The second-order valence-corrected chi connectivity index (χ2v) is 21.6. The first-order valence-electron chi connectivity index (χ1n) is 33.6. The fourth-order valence-electron chi connectivity index (χ4n) is 8.72. The zero-order valence-corrected chi connectivity index (χ0v) is 53.4. The van der Waals surface area contributed by atoms with Crippen LogP contribution in [0.2, 0.25) is 0 Å². The topological polar surface area (TPSA) is 78.9 Å². The molecule has 0 bridgehead atoms. The monoisotopic (exact) mass is 1140 g/mol. The number of hydrogen-bond acceptors (Lipinski definition) is 6. The molecule has 466 valence electrons. The molecule has 0 N–H and O–H groups in total. The largest absolute Gasteiger partial charge is 0.462 e. The molecule has 0 saturated heterocycles. The van der Waals surface area contributed by atoms with Gasteiger partial charge in [-0.3, -0.25) is 14.4 Å². The normalized spacial score (nSPS) is 13.2. The highest BCUT2D eigenvalue weighted by molar-refractivity contribution is 5.71. The van der Waals surface area contributed by atoms with Crippen LogP contribution >= 0.6 is 0 Å². The van der Waals surface area contributed by atoms with E-state index in [0.29, 0.717) is 19.3 Å². The highest BCUT2D eigenvalue weighted by atomic mass is 16.6. The fraction of sp³-hybridized carbons (Fsp3) is 0.597. The maximum atomic E-state index is 12.9. The van der Waals surface area contributed by atoms with Gasteiger partial charge in [0, 0.05) is 19.3 Å². The number of allylic oxidation sites excluding steroid dienone is 28. The predicted octanol–water partition coefficient (Wildman–Crippen LogP) is 23.4. The van der Waals surface area contributed by atoms with Crippen LogP contribution in [0.5, 0.6) is 0 Å². The third-order valence-corrected chi connectivity index (χ3v) is 13.7. The van der Waals surface area contributed by atoms with Gasteiger partial charge >= 0.3 is 17.9 Å². The quantitative estimate of drug-likeness (QED) is 0.0261. The summed E-state index contributed by atoms with van der Waals surface area (Å²) in [5.74, 6) is -0.970. The molecular weight excluding hydrogens is 1020 g/mol. The number of carbonyl (C=O) groups is 3. The smallest absolute Gasteiger partial charge is 0.306 e. The fourth-order valence-corrected chi connectivity index (χ4v) is 8.72. The number of hydrogen-bond donors (Lipinski definition) is 0. The van der Waals surface area contributed by atoms with E-state index in [4.69, 9.17) is 14.2 Å². The lowest BCUT2D eigenvalue weighted by Crippen LogP contribution is -2.30. The number of carbonyl (C=O) groups excluding carboxylic acids is 3. The molecule has 1 unspecified atom stereocenters. The third-order valence-electron chi connectivity index (χ3n) is 13.7. The van der Waals surface area contributed by atoms with Gasteiger partial charge in [-0.2, -0.15) is 0 Å². The molecule has 0 aliphatic carbocycles. The molecule has 0 aromatic heterocycles. The Morgan fingerprint density at radius 1 is 0.253 bits per heavy atom. The molecule has 0 radical (unpaired) electrons. The molecule has 0 heterocycles. The maximum Gasteiger partial charge on any atom is 0.306 e. The summed E-state index contributed by atoms with van der Waals surface area (Å²) >= 11 is 0. The Labute approximate surface area is 511 Å². The summed E-state index contributed by atoms with van der Waals surface area (Å²) in [6.07, 6.45) is 102. The molecule has 6 heteroatoms. The van der Waals surface area contributed by atoms with Gasteiger partial charge in [0.1, 0.15) is 13.2 Å². The molecular formula is C77H122O6. The molecule has 0 saturated carbocycles. The summed E-state index contributed by atoms with van der Waals surface area (Å²) < 4.78 is 16.9. The van der Waals surface area contributed by atoms with Gasteiger partial charge in [0.15, 0.2) is 6.10 Å². The Hall–Kier alpha value is -5.23. The van der Waals surface area contributed by atoms with E-state index in [1.54, 1.807) is 0 Å². The molecule has 0 spiro atoms. The van der Waals surface area contributed by atoms with Crippen LogP contribution in [0.15, 0.2) is 170 Å². The molecule has 0 aliphatic heterocycles. The summed E-state index contributed by atoms with van der Waals surface area (Å²) in [5.41, 5.74) is 0. The average molecular weight is 1140 g/mol. The Balaban J connectivity index is 4.37. The van der Waals surface area contributed by atoms with Crippen LogP contribution in [0, 0.1) is 0 Å². The van der Waals surface area contributed by atoms with E-state index in [-0.39, 0.29) is 37.5 Å². The lowest BCUT2D eigenvalue weighted by molar-refractivity contribution is -0.167. The minimum Gasteiger partial charge on any atom is -0.462 e. The number of rotatable bonds is 59. The van der Waals surface area contributed by atoms with Crippen molar-refractivity contribution in [2.24, 2.45) is 0 Å². The van der Waals surface area contributed by atoms with Crippen LogP contribution in [0.1, 0.15) is 278 Å². The van der Waals surface area contributed by atoms with Crippen molar-refractivity contribution in [1.29, 1.82) is 0 Å². The Bertz CT molecular complexity index is 1890. The van der Waals surface area contributed by atoms with Gasteiger partial charge in [-0.05, 0) is 148 Å². The first kappa shape index (κ1) is 77.8. The molecule has 0 aromatic rings. The molecule has 0 fully saturated rings. The van der Waals surface area contributed by atoms with Crippen molar-refractivity contribution in [3.05, 3.63) is 170 Å².